The van der Waals surface area contributed by atoms with Gasteiger partial charge in [-0.05, 0) is 41.2 Å². The average Bonchev–Trinajstić information content (AvgIpc) is 3.37. The molecule has 3 rings (SSSR count). The zero-order valence-electron chi connectivity index (χ0n) is 13.2. The van der Waals surface area contributed by atoms with Crippen LogP contribution in [0.2, 0.25) is 0 Å². The van der Waals surface area contributed by atoms with Crippen LogP contribution in [0.15, 0.2) is 42.5 Å². The third-order valence-electron chi connectivity index (χ3n) is 4.61. The number of hydrogen-bond acceptors (Lipinski definition) is 2. The smallest absolute Gasteiger partial charge is 0.305 e. The topological polar surface area (TPSA) is 66.4 Å². The van der Waals surface area contributed by atoms with Crippen LogP contribution in [0.4, 0.5) is 0 Å². The molecule has 1 fully saturated rings. The summed E-state index contributed by atoms with van der Waals surface area (Å²) in [5.41, 5.74) is 0.836. The van der Waals surface area contributed by atoms with Crippen LogP contribution in [0.5, 0.6) is 0 Å². The minimum atomic E-state index is -0.914. The summed E-state index contributed by atoms with van der Waals surface area (Å²) in [4.78, 5) is 23.5. The number of aliphatic carboxylic acids is 1. The van der Waals surface area contributed by atoms with Crippen LogP contribution in [-0.2, 0) is 9.59 Å². The van der Waals surface area contributed by atoms with Gasteiger partial charge < -0.3 is 10.4 Å². The van der Waals surface area contributed by atoms with E-state index < -0.39 is 12.0 Å². The number of carbonyl (C=O) groups is 2. The second-order valence-electron chi connectivity index (χ2n) is 6.39. The molecule has 1 saturated carbocycles. The summed E-state index contributed by atoms with van der Waals surface area (Å²) < 4.78 is 0. The summed E-state index contributed by atoms with van der Waals surface area (Å²) in [5, 5.41) is 14.3. The average molecular weight is 311 g/mol. The molecule has 23 heavy (non-hydrogen) atoms. The Bertz CT molecular complexity index is 736. The Balaban J connectivity index is 1.84. The maximum atomic E-state index is 12.3. The van der Waals surface area contributed by atoms with Crippen LogP contribution in [0.1, 0.15) is 37.8 Å². The second-order valence-corrected chi connectivity index (χ2v) is 6.39. The minimum absolute atomic E-state index is 0.0492. The first kappa shape index (κ1) is 15.5. The first-order chi connectivity index (χ1) is 11.0. The molecule has 2 aromatic carbocycles. The van der Waals surface area contributed by atoms with E-state index in [4.69, 9.17) is 0 Å². The summed E-state index contributed by atoms with van der Waals surface area (Å²) in [7, 11) is 0. The summed E-state index contributed by atoms with van der Waals surface area (Å²) in [6.07, 6.45) is 2.07. The van der Waals surface area contributed by atoms with E-state index in [1.165, 1.54) is 0 Å². The molecule has 0 heterocycles. The minimum Gasteiger partial charge on any atom is -0.481 e. The maximum Gasteiger partial charge on any atom is 0.305 e. The second kappa shape index (κ2) is 6.41. The molecule has 1 aliphatic rings. The molecule has 2 N–H and O–H groups in total. The van der Waals surface area contributed by atoms with Gasteiger partial charge in [0.05, 0.1) is 12.5 Å². The Labute approximate surface area is 135 Å². The van der Waals surface area contributed by atoms with Crippen LogP contribution in [-0.4, -0.2) is 17.0 Å². The van der Waals surface area contributed by atoms with E-state index in [2.05, 4.69) is 5.32 Å². The lowest BCUT2D eigenvalue weighted by atomic mass is 9.98. The third-order valence-corrected chi connectivity index (χ3v) is 4.61. The van der Waals surface area contributed by atoms with E-state index in [0.717, 1.165) is 29.2 Å². The van der Waals surface area contributed by atoms with Gasteiger partial charge in [-0.25, -0.2) is 0 Å². The first-order valence-corrected chi connectivity index (χ1v) is 8.05. The van der Waals surface area contributed by atoms with Gasteiger partial charge in [-0.15, -0.1) is 0 Å². The number of carboxylic acids is 1. The Morgan fingerprint density at radius 3 is 2.52 bits per heavy atom. The Hall–Kier alpha value is -2.36. The van der Waals surface area contributed by atoms with E-state index >= 15 is 0 Å². The Morgan fingerprint density at radius 2 is 1.87 bits per heavy atom. The van der Waals surface area contributed by atoms with Gasteiger partial charge in [0.25, 0.3) is 0 Å². The molecule has 0 spiro atoms. The highest BCUT2D eigenvalue weighted by Gasteiger charge is 2.33. The van der Waals surface area contributed by atoms with Crippen molar-refractivity contribution in [2.75, 3.05) is 0 Å². The number of amides is 1. The van der Waals surface area contributed by atoms with Gasteiger partial charge in [-0.1, -0.05) is 43.3 Å². The highest BCUT2D eigenvalue weighted by molar-refractivity contribution is 5.84. The van der Waals surface area contributed by atoms with Crippen molar-refractivity contribution in [2.45, 2.75) is 32.2 Å². The van der Waals surface area contributed by atoms with Gasteiger partial charge in [0, 0.05) is 5.92 Å². The molecule has 0 radical (unpaired) electrons. The molecule has 0 aliphatic heterocycles. The molecule has 120 valence electrons. The maximum absolute atomic E-state index is 12.3. The van der Waals surface area contributed by atoms with Crippen LogP contribution in [0.3, 0.4) is 0 Å². The molecule has 4 heteroatoms. The van der Waals surface area contributed by atoms with Crippen LogP contribution in [0.25, 0.3) is 10.8 Å². The van der Waals surface area contributed by atoms with E-state index in [9.17, 15) is 14.7 Å². The van der Waals surface area contributed by atoms with Gasteiger partial charge in [0.1, 0.15) is 0 Å². The van der Waals surface area contributed by atoms with Gasteiger partial charge in [0.2, 0.25) is 5.91 Å². The standard InChI is InChI=1S/C19H21NO3/c1-12(13-6-7-13)19(23)20-17(11-18(21)22)16-9-8-14-4-2-3-5-15(14)10-16/h2-5,8-10,12-13,17H,6-7,11H2,1H3,(H,20,23)(H,21,22)/t12?,17-/m0/s1. The van der Waals surface area contributed by atoms with Crippen molar-refractivity contribution >= 4 is 22.6 Å². The van der Waals surface area contributed by atoms with E-state index in [0.29, 0.717) is 5.92 Å². The number of fused-ring (bicyclic) bond motifs is 1. The number of carboxylic acid groups (broad SMARTS) is 1. The molecule has 1 amide bonds. The van der Waals surface area contributed by atoms with Crippen LogP contribution in [0, 0.1) is 11.8 Å². The molecule has 2 atom stereocenters. The first-order valence-electron chi connectivity index (χ1n) is 8.05. The van der Waals surface area contributed by atoms with Crippen LogP contribution >= 0.6 is 0 Å². The lowest BCUT2D eigenvalue weighted by Gasteiger charge is -2.20. The van der Waals surface area contributed by atoms with Crippen molar-refractivity contribution in [1.82, 2.24) is 5.32 Å². The summed E-state index contributed by atoms with van der Waals surface area (Å²) >= 11 is 0. The fraction of sp³-hybridized carbons (Fsp3) is 0.368. The number of rotatable bonds is 6. The van der Waals surface area contributed by atoms with Crippen LogP contribution < -0.4 is 5.32 Å². The molecule has 4 nitrogen and oxygen atoms in total. The van der Waals surface area contributed by atoms with Gasteiger partial charge in [-0.2, -0.15) is 0 Å². The molecular formula is C19H21NO3. The fourth-order valence-corrected chi connectivity index (χ4v) is 2.96. The van der Waals surface area contributed by atoms with Crippen molar-refractivity contribution in [3.8, 4) is 0 Å². The van der Waals surface area contributed by atoms with E-state index in [1.54, 1.807) is 0 Å². The van der Waals surface area contributed by atoms with Gasteiger partial charge >= 0.3 is 5.97 Å². The molecule has 0 bridgehead atoms. The zero-order valence-corrected chi connectivity index (χ0v) is 13.2. The van der Waals surface area contributed by atoms with E-state index in [1.807, 2.05) is 49.4 Å². The molecule has 0 saturated heterocycles. The Morgan fingerprint density at radius 1 is 1.17 bits per heavy atom. The highest BCUT2D eigenvalue weighted by Crippen LogP contribution is 2.37. The lowest BCUT2D eigenvalue weighted by molar-refractivity contribution is -0.138. The SMILES string of the molecule is CC(C(=O)N[C@@H](CC(=O)O)c1ccc2ccccc2c1)C1CC1. The van der Waals surface area contributed by atoms with Crippen molar-refractivity contribution in [3.05, 3.63) is 48.0 Å². The van der Waals surface area contributed by atoms with Crippen molar-refractivity contribution in [2.24, 2.45) is 11.8 Å². The fourth-order valence-electron chi connectivity index (χ4n) is 2.96. The molecule has 0 aromatic heterocycles. The van der Waals surface area contributed by atoms with E-state index in [-0.39, 0.29) is 18.2 Å². The predicted molar refractivity (Wildman–Crippen MR) is 89.0 cm³/mol. The summed E-state index contributed by atoms with van der Waals surface area (Å²) in [5.74, 6) is -0.557. The Kier molecular flexibility index (Phi) is 4.33. The molecule has 1 unspecified atom stereocenters. The summed E-state index contributed by atoms with van der Waals surface area (Å²) in [6.45, 7) is 1.92. The molecule has 2 aromatic rings. The normalized spacial score (nSPS) is 16.7. The van der Waals surface area contributed by atoms with Gasteiger partial charge in [0.15, 0.2) is 0 Å². The van der Waals surface area contributed by atoms with Crippen molar-refractivity contribution in [3.63, 3.8) is 0 Å². The van der Waals surface area contributed by atoms with Gasteiger partial charge in [-0.3, -0.25) is 9.59 Å². The number of nitrogens with one attached hydrogen (secondary N) is 1. The number of carbonyl (C=O) groups excluding carboxylic acids is 1. The zero-order chi connectivity index (χ0) is 16.4. The van der Waals surface area contributed by atoms with Crippen molar-refractivity contribution in [1.29, 1.82) is 0 Å². The molecular weight excluding hydrogens is 290 g/mol. The summed E-state index contributed by atoms with van der Waals surface area (Å²) in [6, 6.07) is 13.3. The van der Waals surface area contributed by atoms with Crippen molar-refractivity contribution < 1.29 is 14.7 Å². The third kappa shape index (κ3) is 3.70. The lowest BCUT2D eigenvalue weighted by Crippen LogP contribution is -2.34. The predicted octanol–water partition coefficient (Wildman–Crippen LogP) is 3.52. The molecule has 1 aliphatic carbocycles. The number of hydrogen-bond donors (Lipinski definition) is 2. The highest BCUT2D eigenvalue weighted by atomic mass is 16.4. The monoisotopic (exact) mass is 311 g/mol. The number of benzene rings is 2. The quantitative estimate of drug-likeness (QED) is 0.858. The largest absolute Gasteiger partial charge is 0.481 e.